The molecule has 0 saturated heterocycles. The molecule has 2 nitrogen and oxygen atoms in total. The number of fused-ring (bicyclic) bond motifs is 2. The molecule has 2 aromatic rings. The lowest BCUT2D eigenvalue weighted by Crippen LogP contribution is -2.24. The molecular weight excluding hydrogens is 306 g/mol. The van der Waals surface area contributed by atoms with E-state index >= 15 is 0 Å². The molecule has 1 unspecified atom stereocenters. The minimum Gasteiger partial charge on any atom is -0.294 e. The highest BCUT2D eigenvalue weighted by Gasteiger charge is 2.42. The van der Waals surface area contributed by atoms with E-state index in [1.165, 1.54) is 16.7 Å². The van der Waals surface area contributed by atoms with Crippen molar-refractivity contribution in [3.63, 3.8) is 0 Å². The van der Waals surface area contributed by atoms with E-state index < -0.39 is 5.41 Å². The topological polar surface area (TPSA) is 40.9 Å². The number of hydrogen-bond donors (Lipinski definition) is 0. The third-order valence-corrected chi connectivity index (χ3v) is 5.92. The van der Waals surface area contributed by atoms with E-state index in [0.29, 0.717) is 12.8 Å². The fraction of sp³-hybridized carbons (Fsp3) is 0.304. The van der Waals surface area contributed by atoms with E-state index in [4.69, 9.17) is 0 Å². The van der Waals surface area contributed by atoms with Crippen LogP contribution in [0.1, 0.15) is 56.6 Å². The summed E-state index contributed by atoms with van der Waals surface area (Å²) in [5.74, 6) is 0.234. The van der Waals surface area contributed by atoms with Crippen molar-refractivity contribution >= 4 is 11.9 Å². The van der Waals surface area contributed by atoms with Crippen LogP contribution in [-0.2, 0) is 18.3 Å². The average molecular weight is 327 g/mol. The van der Waals surface area contributed by atoms with Crippen LogP contribution in [0.15, 0.2) is 36.4 Å². The molecule has 0 bridgehead atoms. The molecule has 2 aromatic carbocycles. The predicted molar refractivity (Wildman–Crippen MR) is 99.7 cm³/mol. The number of carbonyl (C=O) groups is 1. The van der Waals surface area contributed by atoms with Crippen LogP contribution in [0.4, 0.5) is 0 Å². The first-order valence-corrected chi connectivity index (χ1v) is 8.89. The molecule has 0 fully saturated rings. The Hall–Kier alpha value is -2.66. The summed E-state index contributed by atoms with van der Waals surface area (Å²) in [5, 5.41) is 10.1. The van der Waals surface area contributed by atoms with Gasteiger partial charge in [0.2, 0.25) is 0 Å². The standard InChI is InChI=1S/C23H21NO/c1-15-18-10-6-7-11-21(25)22(18)16(2)20-13-23(14-24,12-19(15)20)17-8-4-3-5-9-17/h3-6,8-10H,7,11-13H2,1-2H3. The van der Waals surface area contributed by atoms with Crippen LogP contribution >= 0.6 is 0 Å². The lowest BCUT2D eigenvalue weighted by molar-refractivity contribution is 0.0983. The molecule has 0 saturated carbocycles. The fourth-order valence-electron chi connectivity index (χ4n) is 4.51. The van der Waals surface area contributed by atoms with Crippen LogP contribution in [0.2, 0.25) is 0 Å². The smallest absolute Gasteiger partial charge is 0.164 e. The number of rotatable bonds is 1. The van der Waals surface area contributed by atoms with Gasteiger partial charge in [-0.15, -0.1) is 0 Å². The van der Waals surface area contributed by atoms with Crippen molar-refractivity contribution in [2.45, 2.75) is 44.9 Å². The van der Waals surface area contributed by atoms with Gasteiger partial charge in [0.05, 0.1) is 11.5 Å². The second-order valence-corrected chi connectivity index (χ2v) is 7.27. The van der Waals surface area contributed by atoms with Crippen LogP contribution in [0.5, 0.6) is 0 Å². The van der Waals surface area contributed by atoms with Crippen LogP contribution in [-0.4, -0.2) is 5.78 Å². The summed E-state index contributed by atoms with van der Waals surface area (Å²) in [6.07, 6.45) is 7.02. The molecule has 2 aliphatic rings. The molecule has 2 heteroatoms. The van der Waals surface area contributed by atoms with Gasteiger partial charge in [0.25, 0.3) is 0 Å². The van der Waals surface area contributed by atoms with E-state index in [-0.39, 0.29) is 5.78 Å². The Morgan fingerprint density at radius 2 is 1.72 bits per heavy atom. The summed E-state index contributed by atoms with van der Waals surface area (Å²) < 4.78 is 0. The molecule has 0 spiro atoms. The number of allylic oxidation sites excluding steroid dienone is 1. The molecule has 0 radical (unpaired) electrons. The van der Waals surface area contributed by atoms with Crippen LogP contribution < -0.4 is 0 Å². The van der Waals surface area contributed by atoms with Crippen molar-refractivity contribution in [2.24, 2.45) is 0 Å². The lowest BCUT2D eigenvalue weighted by Gasteiger charge is -2.20. The first-order valence-electron chi connectivity index (χ1n) is 8.89. The van der Waals surface area contributed by atoms with Crippen molar-refractivity contribution in [1.82, 2.24) is 0 Å². The molecule has 124 valence electrons. The zero-order valence-corrected chi connectivity index (χ0v) is 14.7. The number of ketones is 1. The van der Waals surface area contributed by atoms with Crippen molar-refractivity contribution in [3.8, 4) is 6.07 Å². The largest absolute Gasteiger partial charge is 0.294 e. The predicted octanol–water partition coefficient (Wildman–Crippen LogP) is 4.85. The van der Waals surface area contributed by atoms with E-state index in [1.807, 2.05) is 18.2 Å². The lowest BCUT2D eigenvalue weighted by atomic mass is 9.79. The quantitative estimate of drug-likeness (QED) is 0.751. The number of hydrogen-bond acceptors (Lipinski definition) is 2. The molecule has 4 rings (SSSR count). The summed E-state index contributed by atoms with van der Waals surface area (Å²) in [4.78, 5) is 12.7. The van der Waals surface area contributed by atoms with Crippen LogP contribution in [0.25, 0.3) is 6.08 Å². The summed E-state index contributed by atoms with van der Waals surface area (Å²) in [6, 6.07) is 12.7. The van der Waals surface area contributed by atoms with Gasteiger partial charge in [-0.2, -0.15) is 5.26 Å². The van der Waals surface area contributed by atoms with Crippen molar-refractivity contribution in [1.29, 1.82) is 5.26 Å². The average Bonchev–Trinajstić information content (AvgIpc) is 2.94. The summed E-state index contributed by atoms with van der Waals surface area (Å²) in [5.41, 5.74) is 7.24. The minimum atomic E-state index is -0.522. The highest BCUT2D eigenvalue weighted by atomic mass is 16.1. The van der Waals surface area contributed by atoms with E-state index in [2.05, 4.69) is 44.2 Å². The third-order valence-electron chi connectivity index (χ3n) is 5.92. The van der Waals surface area contributed by atoms with Crippen LogP contribution in [0, 0.1) is 25.2 Å². The van der Waals surface area contributed by atoms with Gasteiger partial charge in [0.1, 0.15) is 0 Å². The third kappa shape index (κ3) is 2.27. The number of nitrogens with zero attached hydrogens (tertiary/aromatic N) is 1. The summed E-state index contributed by atoms with van der Waals surface area (Å²) >= 11 is 0. The highest BCUT2D eigenvalue weighted by molar-refractivity contribution is 6.02. The molecule has 1 atom stereocenters. The zero-order chi connectivity index (χ0) is 17.6. The fourth-order valence-corrected chi connectivity index (χ4v) is 4.51. The van der Waals surface area contributed by atoms with Gasteiger partial charge in [0, 0.05) is 12.0 Å². The normalized spacial score (nSPS) is 21.4. The van der Waals surface area contributed by atoms with Crippen molar-refractivity contribution in [3.05, 3.63) is 75.4 Å². The molecular formula is C23H21NO. The maximum Gasteiger partial charge on any atom is 0.164 e. The highest BCUT2D eigenvalue weighted by Crippen LogP contribution is 2.45. The Balaban J connectivity index is 1.93. The molecule has 0 aliphatic heterocycles. The van der Waals surface area contributed by atoms with Gasteiger partial charge in [-0.05, 0) is 66.5 Å². The first-order chi connectivity index (χ1) is 12.1. The zero-order valence-electron chi connectivity index (χ0n) is 14.7. The molecule has 0 amide bonds. The Morgan fingerprint density at radius 3 is 2.40 bits per heavy atom. The SMILES string of the molecule is Cc1c2c(c(C)c3c1CC(C#N)(c1ccccc1)C3)C(=O)CCC=C2. The number of carbonyl (C=O) groups excluding carboxylic acids is 1. The maximum atomic E-state index is 12.7. The monoisotopic (exact) mass is 327 g/mol. The van der Waals surface area contributed by atoms with Gasteiger partial charge in [-0.1, -0.05) is 42.5 Å². The van der Waals surface area contributed by atoms with Crippen LogP contribution in [0.3, 0.4) is 0 Å². The van der Waals surface area contributed by atoms with Crippen molar-refractivity contribution in [2.75, 3.05) is 0 Å². The Bertz CT molecular complexity index is 947. The van der Waals surface area contributed by atoms with Gasteiger partial charge < -0.3 is 0 Å². The summed E-state index contributed by atoms with van der Waals surface area (Å²) in [6.45, 7) is 4.17. The van der Waals surface area contributed by atoms with Gasteiger partial charge >= 0.3 is 0 Å². The van der Waals surface area contributed by atoms with Gasteiger partial charge in [-0.3, -0.25) is 4.79 Å². The second kappa shape index (κ2) is 5.70. The van der Waals surface area contributed by atoms with E-state index in [1.54, 1.807) is 0 Å². The Labute approximate surface area is 148 Å². The van der Waals surface area contributed by atoms with E-state index in [9.17, 15) is 10.1 Å². The molecule has 0 N–H and O–H groups in total. The van der Waals surface area contributed by atoms with Gasteiger partial charge in [0.15, 0.2) is 5.78 Å². The second-order valence-electron chi connectivity index (χ2n) is 7.27. The molecule has 25 heavy (non-hydrogen) atoms. The number of benzene rings is 2. The van der Waals surface area contributed by atoms with E-state index in [0.717, 1.165) is 35.1 Å². The molecule has 0 heterocycles. The Morgan fingerprint density at radius 1 is 1.04 bits per heavy atom. The van der Waals surface area contributed by atoms with Crippen molar-refractivity contribution < 1.29 is 4.79 Å². The molecule has 0 aromatic heterocycles. The number of Topliss-reactive ketones (excluding diaryl/α,β-unsaturated/α-hetero) is 1. The maximum absolute atomic E-state index is 12.7. The summed E-state index contributed by atoms with van der Waals surface area (Å²) in [7, 11) is 0. The van der Waals surface area contributed by atoms with Gasteiger partial charge in [-0.25, -0.2) is 0 Å². The number of nitriles is 1. The minimum absolute atomic E-state index is 0.234. The Kier molecular flexibility index (Phi) is 3.62. The molecule has 2 aliphatic carbocycles. The first kappa shape index (κ1) is 15.8.